The number of rotatable bonds is 7. The van der Waals surface area contributed by atoms with Crippen LogP contribution in [0.4, 0.5) is 0 Å². The summed E-state index contributed by atoms with van der Waals surface area (Å²) in [4.78, 5) is 23.3. The van der Waals surface area contributed by atoms with Crippen molar-refractivity contribution in [3.8, 4) is 0 Å². The average molecular weight is 360 g/mol. The number of hydrogen-bond acceptors (Lipinski definition) is 5. The highest BCUT2D eigenvalue weighted by atomic mass is 32.2. The van der Waals surface area contributed by atoms with E-state index in [9.17, 15) is 18.0 Å². The summed E-state index contributed by atoms with van der Waals surface area (Å²) in [6, 6.07) is 1.64. The van der Waals surface area contributed by atoms with Gasteiger partial charge in [-0.25, -0.2) is 18.4 Å². The summed E-state index contributed by atoms with van der Waals surface area (Å²) in [6.07, 6.45) is 2.11. The van der Waals surface area contributed by atoms with E-state index in [2.05, 4.69) is 5.32 Å². The van der Waals surface area contributed by atoms with Gasteiger partial charge >= 0.3 is 5.97 Å². The lowest BCUT2D eigenvalue weighted by atomic mass is 10.1. The number of aliphatic carboxylic acids is 1. The molecule has 0 aliphatic heterocycles. The van der Waals surface area contributed by atoms with Crippen molar-refractivity contribution in [2.75, 3.05) is 12.0 Å². The van der Waals surface area contributed by atoms with E-state index < -0.39 is 27.9 Å². The largest absolute Gasteiger partial charge is 0.480 e. The molecule has 1 amide bonds. The molecule has 1 atom stereocenters. The second kappa shape index (κ2) is 7.80. The van der Waals surface area contributed by atoms with Gasteiger partial charge in [-0.1, -0.05) is 0 Å². The summed E-state index contributed by atoms with van der Waals surface area (Å²) >= 11 is 1.47. The second-order valence-electron chi connectivity index (χ2n) is 5.11. The molecule has 23 heavy (non-hydrogen) atoms. The molecule has 0 radical (unpaired) electrons. The van der Waals surface area contributed by atoms with Crippen LogP contribution in [0.25, 0.3) is 0 Å². The monoisotopic (exact) mass is 360 g/mol. The second-order valence-corrected chi connectivity index (χ2v) is 7.62. The maximum Gasteiger partial charge on any atom is 0.326 e. The minimum absolute atomic E-state index is 0.0625. The maximum absolute atomic E-state index is 12.2. The van der Waals surface area contributed by atoms with Gasteiger partial charge in [0.05, 0.1) is 4.90 Å². The van der Waals surface area contributed by atoms with Gasteiger partial charge in [0.2, 0.25) is 10.0 Å². The Hall–Kier alpha value is -1.58. The molecule has 128 valence electrons. The van der Waals surface area contributed by atoms with E-state index in [-0.39, 0.29) is 16.9 Å². The fraction of sp³-hybridized carbons (Fsp3) is 0.429. The van der Waals surface area contributed by atoms with E-state index in [4.69, 9.17) is 10.2 Å². The van der Waals surface area contributed by atoms with Crippen molar-refractivity contribution in [2.24, 2.45) is 5.14 Å². The van der Waals surface area contributed by atoms with Crippen molar-refractivity contribution < 1.29 is 23.1 Å². The quantitative estimate of drug-likeness (QED) is 0.663. The van der Waals surface area contributed by atoms with E-state index in [0.29, 0.717) is 16.9 Å². The molecule has 1 aromatic rings. The number of aryl methyl sites for hydroxylation is 1. The van der Waals surface area contributed by atoms with Gasteiger partial charge in [-0.15, -0.1) is 0 Å². The van der Waals surface area contributed by atoms with Crippen molar-refractivity contribution in [1.29, 1.82) is 0 Å². The number of carboxylic acids is 1. The van der Waals surface area contributed by atoms with Crippen molar-refractivity contribution in [3.05, 3.63) is 28.8 Å². The predicted octanol–water partition coefficient (Wildman–Crippen LogP) is 0.887. The summed E-state index contributed by atoms with van der Waals surface area (Å²) in [5, 5.41) is 16.7. The van der Waals surface area contributed by atoms with E-state index in [1.54, 1.807) is 13.8 Å². The number of benzene rings is 1. The molecule has 0 fully saturated rings. The number of carbonyl (C=O) groups is 2. The number of amides is 1. The van der Waals surface area contributed by atoms with Crippen LogP contribution in [0.5, 0.6) is 0 Å². The Balaban J connectivity index is 3.13. The van der Waals surface area contributed by atoms with Crippen LogP contribution >= 0.6 is 11.8 Å². The molecule has 0 aromatic heterocycles. The lowest BCUT2D eigenvalue weighted by Gasteiger charge is -2.15. The van der Waals surface area contributed by atoms with Gasteiger partial charge in [-0.2, -0.15) is 11.8 Å². The zero-order chi connectivity index (χ0) is 17.8. The van der Waals surface area contributed by atoms with Crippen molar-refractivity contribution >= 4 is 33.7 Å². The molecule has 0 heterocycles. The highest BCUT2D eigenvalue weighted by Crippen LogP contribution is 2.20. The first-order chi connectivity index (χ1) is 10.6. The number of nitrogens with one attached hydrogen (secondary N) is 1. The topological polar surface area (TPSA) is 127 Å². The highest BCUT2D eigenvalue weighted by molar-refractivity contribution is 7.98. The lowest BCUT2D eigenvalue weighted by molar-refractivity contribution is -0.139. The third-order valence-corrected chi connectivity index (χ3v) is 5.08. The van der Waals surface area contributed by atoms with Crippen molar-refractivity contribution in [2.45, 2.75) is 31.2 Å². The van der Waals surface area contributed by atoms with Crippen LogP contribution < -0.4 is 10.5 Å². The Morgan fingerprint density at radius 1 is 1.35 bits per heavy atom. The first-order valence-corrected chi connectivity index (χ1v) is 9.68. The van der Waals surface area contributed by atoms with Crippen molar-refractivity contribution in [1.82, 2.24) is 5.32 Å². The zero-order valence-electron chi connectivity index (χ0n) is 13.1. The molecule has 0 bridgehead atoms. The van der Waals surface area contributed by atoms with Crippen LogP contribution in [-0.2, 0) is 14.8 Å². The average Bonchev–Trinajstić information content (AvgIpc) is 2.44. The molecule has 0 aliphatic rings. The van der Waals surface area contributed by atoms with Gasteiger partial charge in [0, 0.05) is 5.56 Å². The number of primary sulfonamides is 1. The Kier molecular flexibility index (Phi) is 6.60. The highest BCUT2D eigenvalue weighted by Gasteiger charge is 2.22. The standard InChI is InChI=1S/C14H20N2O5S2/c1-8-6-10(7-12(9(8)2)23(15,20)21)13(17)16-11(14(18)19)4-5-22-3/h6-7,11H,4-5H2,1-3H3,(H,16,17)(H,18,19)(H2,15,20,21)/t11-/m0/s1. The number of carboxylic acid groups (broad SMARTS) is 1. The van der Waals surface area contributed by atoms with Crippen LogP contribution in [-0.4, -0.2) is 43.5 Å². The molecule has 0 spiro atoms. The van der Waals surface area contributed by atoms with Gasteiger partial charge < -0.3 is 10.4 Å². The molecule has 7 nitrogen and oxygen atoms in total. The Bertz CT molecular complexity index is 716. The van der Waals surface area contributed by atoms with Crippen molar-refractivity contribution in [3.63, 3.8) is 0 Å². The SMILES string of the molecule is CSCC[C@H](NC(=O)c1cc(C)c(C)c(S(N)(=O)=O)c1)C(=O)O. The van der Waals surface area contributed by atoms with Gasteiger partial charge in [0.1, 0.15) is 6.04 Å². The van der Waals surface area contributed by atoms with Gasteiger partial charge in [0.15, 0.2) is 0 Å². The first-order valence-electron chi connectivity index (χ1n) is 6.74. The minimum atomic E-state index is -3.97. The molecule has 1 rings (SSSR count). The molecule has 0 unspecified atom stereocenters. The molecular formula is C14H20N2O5S2. The first kappa shape index (κ1) is 19.5. The molecule has 4 N–H and O–H groups in total. The number of nitrogens with two attached hydrogens (primary N) is 1. The van der Waals surface area contributed by atoms with Crippen LogP contribution in [0.1, 0.15) is 27.9 Å². The predicted molar refractivity (Wildman–Crippen MR) is 89.2 cm³/mol. The summed E-state index contributed by atoms with van der Waals surface area (Å²) in [7, 11) is -3.97. The molecule has 0 saturated carbocycles. The smallest absolute Gasteiger partial charge is 0.326 e. The van der Waals surface area contributed by atoms with Gasteiger partial charge in [-0.3, -0.25) is 4.79 Å². The molecule has 9 heteroatoms. The van der Waals surface area contributed by atoms with Crippen LogP contribution in [0.2, 0.25) is 0 Å². The van der Waals surface area contributed by atoms with Gasteiger partial charge in [-0.05, 0) is 55.5 Å². The fourth-order valence-corrected chi connectivity index (χ4v) is 3.34. The van der Waals surface area contributed by atoms with E-state index in [0.717, 1.165) is 0 Å². The minimum Gasteiger partial charge on any atom is -0.480 e. The van der Waals surface area contributed by atoms with E-state index in [1.807, 2.05) is 6.26 Å². The Morgan fingerprint density at radius 3 is 2.43 bits per heavy atom. The summed E-state index contributed by atoms with van der Waals surface area (Å²) < 4.78 is 23.2. The molecule has 1 aromatic carbocycles. The van der Waals surface area contributed by atoms with E-state index in [1.165, 1.54) is 23.9 Å². The molecule has 0 saturated heterocycles. The van der Waals surface area contributed by atoms with Gasteiger partial charge in [0.25, 0.3) is 5.91 Å². The van der Waals surface area contributed by atoms with Crippen LogP contribution in [0, 0.1) is 13.8 Å². The third kappa shape index (κ3) is 5.22. The summed E-state index contributed by atoms with van der Waals surface area (Å²) in [6.45, 7) is 3.25. The number of sulfonamides is 1. The summed E-state index contributed by atoms with van der Waals surface area (Å²) in [5.41, 5.74) is 1.10. The number of carbonyl (C=O) groups excluding carboxylic acids is 1. The number of hydrogen-bond donors (Lipinski definition) is 3. The van der Waals surface area contributed by atoms with E-state index >= 15 is 0 Å². The third-order valence-electron chi connectivity index (χ3n) is 3.40. The number of thioether (sulfide) groups is 1. The zero-order valence-corrected chi connectivity index (χ0v) is 14.8. The van der Waals surface area contributed by atoms with Crippen LogP contribution in [0.15, 0.2) is 17.0 Å². The van der Waals surface area contributed by atoms with Crippen LogP contribution in [0.3, 0.4) is 0 Å². The molecule has 0 aliphatic carbocycles. The Morgan fingerprint density at radius 2 is 1.96 bits per heavy atom. The Labute approximate surface area is 139 Å². The summed E-state index contributed by atoms with van der Waals surface area (Å²) in [5.74, 6) is -1.21. The normalized spacial score (nSPS) is 12.7. The fourth-order valence-electron chi connectivity index (χ4n) is 1.99. The maximum atomic E-state index is 12.2. The molecular weight excluding hydrogens is 340 g/mol. The lowest BCUT2D eigenvalue weighted by Crippen LogP contribution is -2.41.